The minimum Gasteiger partial charge on any atom is -0.310 e. The van der Waals surface area contributed by atoms with Crippen LogP contribution < -0.4 is 16.4 Å². The molecule has 5 nitrogen and oxygen atoms in total. The Kier molecular flexibility index (Phi) is 4.63. The monoisotopic (exact) mass is 631 g/mol. The molecule has 6 heteroatoms. The van der Waals surface area contributed by atoms with E-state index in [1.807, 2.05) is 36.4 Å². The molecule has 0 spiro atoms. The largest absolute Gasteiger partial charge is 0.310 e. The predicted octanol–water partition coefficient (Wildman–Crippen LogP) is 7.86. The van der Waals surface area contributed by atoms with Crippen molar-refractivity contribution in [2.45, 2.75) is 0 Å². The van der Waals surface area contributed by atoms with Gasteiger partial charge >= 0.3 is 0 Å². The summed E-state index contributed by atoms with van der Waals surface area (Å²) < 4.78 is 7.27. The van der Waals surface area contributed by atoms with Crippen LogP contribution in [0.25, 0.3) is 82.5 Å². The van der Waals surface area contributed by atoms with Gasteiger partial charge in [-0.2, -0.15) is 10.5 Å². The van der Waals surface area contributed by atoms with Crippen LogP contribution in [0.4, 0.5) is 0 Å². The zero-order chi connectivity index (χ0) is 32.8. The van der Waals surface area contributed by atoms with E-state index in [0.29, 0.717) is 11.1 Å². The van der Waals surface area contributed by atoms with Gasteiger partial charge in [-0.25, -0.2) is 0 Å². The third-order valence-corrected chi connectivity index (χ3v) is 11.3. The number of fused-ring (bicyclic) bond motifs is 14. The lowest BCUT2D eigenvalue weighted by Gasteiger charge is -2.33. The second kappa shape index (κ2) is 8.91. The molecule has 0 amide bonds. The first-order valence-corrected chi connectivity index (χ1v) is 16.8. The lowest BCUT2D eigenvalue weighted by Crippen LogP contribution is -2.59. The zero-order valence-electron chi connectivity index (χ0n) is 26.5. The van der Waals surface area contributed by atoms with Crippen LogP contribution in [0.3, 0.4) is 0 Å². The van der Waals surface area contributed by atoms with E-state index in [-0.39, 0.29) is 6.71 Å². The lowest BCUT2D eigenvalue weighted by molar-refractivity contribution is 1.14. The predicted molar refractivity (Wildman–Crippen MR) is 204 cm³/mol. The highest BCUT2D eigenvalue weighted by Gasteiger charge is 2.40. The van der Waals surface area contributed by atoms with Gasteiger partial charge < -0.3 is 13.7 Å². The van der Waals surface area contributed by atoms with Crippen LogP contribution in [0.2, 0.25) is 0 Å². The average molecular weight is 632 g/mol. The fourth-order valence-electron chi connectivity index (χ4n) is 9.37. The van der Waals surface area contributed by atoms with Crippen LogP contribution in [-0.2, 0) is 0 Å². The first-order valence-electron chi connectivity index (χ1n) is 16.8. The van der Waals surface area contributed by atoms with E-state index < -0.39 is 0 Å². The van der Waals surface area contributed by atoms with Gasteiger partial charge in [0.1, 0.15) is 0 Å². The van der Waals surface area contributed by atoms with Crippen LogP contribution in [-0.4, -0.2) is 20.4 Å². The molecule has 10 aromatic rings. The molecule has 0 radical (unpaired) electrons. The highest BCUT2D eigenvalue weighted by atomic mass is 15.0. The molecule has 2 aliphatic rings. The van der Waals surface area contributed by atoms with Crippen LogP contribution in [0, 0.1) is 22.7 Å². The number of benzene rings is 7. The summed E-state index contributed by atoms with van der Waals surface area (Å²) in [5, 5.41) is 26.6. The molecule has 0 unspecified atom stereocenters. The van der Waals surface area contributed by atoms with Gasteiger partial charge in [-0.1, -0.05) is 60.7 Å². The summed E-state index contributed by atoms with van der Waals surface area (Å²) in [5.41, 5.74) is 15.6. The van der Waals surface area contributed by atoms with E-state index in [2.05, 4.69) is 123 Å². The van der Waals surface area contributed by atoms with Crippen molar-refractivity contribution in [2.24, 2.45) is 0 Å². The molecule has 2 aliphatic heterocycles. The van der Waals surface area contributed by atoms with Gasteiger partial charge in [0.15, 0.2) is 0 Å². The van der Waals surface area contributed by atoms with Gasteiger partial charge in [-0.3, -0.25) is 0 Å². The number of para-hydroxylation sites is 3. The molecule has 0 aliphatic carbocycles. The van der Waals surface area contributed by atoms with Crippen molar-refractivity contribution in [3.63, 3.8) is 0 Å². The molecule has 5 heterocycles. The Balaban J connectivity index is 1.25. The molecule has 7 aromatic carbocycles. The van der Waals surface area contributed by atoms with Crippen molar-refractivity contribution in [1.29, 1.82) is 10.5 Å². The second-order valence-electron chi connectivity index (χ2n) is 13.5. The van der Waals surface area contributed by atoms with Gasteiger partial charge in [-0.05, 0) is 89.2 Å². The van der Waals surface area contributed by atoms with E-state index >= 15 is 0 Å². The molecule has 0 saturated heterocycles. The van der Waals surface area contributed by atoms with Crippen molar-refractivity contribution >= 4 is 88.5 Å². The molecular formula is C44H22BN5. The summed E-state index contributed by atoms with van der Waals surface area (Å²) in [6.07, 6.45) is 0. The molecule has 0 fully saturated rings. The lowest BCUT2D eigenvalue weighted by atomic mass is 9.34. The topological polar surface area (TPSA) is 62.4 Å². The van der Waals surface area contributed by atoms with Gasteiger partial charge in [-0.15, -0.1) is 0 Å². The van der Waals surface area contributed by atoms with E-state index in [4.69, 9.17) is 0 Å². The first-order chi connectivity index (χ1) is 24.7. The Labute approximate surface area is 285 Å². The van der Waals surface area contributed by atoms with E-state index in [0.717, 1.165) is 27.5 Å². The number of nitriles is 2. The summed E-state index contributed by atoms with van der Waals surface area (Å²) in [6, 6.07) is 52.3. The smallest absolute Gasteiger partial charge is 0.252 e. The minimum absolute atomic E-state index is 0.0180. The summed E-state index contributed by atoms with van der Waals surface area (Å²) >= 11 is 0. The third kappa shape index (κ3) is 2.95. The van der Waals surface area contributed by atoms with Crippen LogP contribution in [0.5, 0.6) is 0 Å². The standard InChI is InChI=1S/C44H22BN5/c46-23-25-12-16-38-32(20-25)33-21-26(24-47)13-17-39(33)48(38)27-14-18-40-35(22-27)45-34-9-5-8-30-28-6-1-4-11-37(28)50(43(30)34)41-19-15-31-29-7-2-3-10-36(29)49(40)44(31)42(41)45/h1-22H. The Hall–Kier alpha value is -7.02. The molecule has 226 valence electrons. The van der Waals surface area contributed by atoms with E-state index in [1.54, 1.807) is 0 Å². The van der Waals surface area contributed by atoms with Gasteiger partial charge in [0.25, 0.3) is 6.71 Å². The normalized spacial score (nSPS) is 12.7. The Morgan fingerprint density at radius 1 is 0.420 bits per heavy atom. The quantitative estimate of drug-likeness (QED) is 0.173. The van der Waals surface area contributed by atoms with Crippen LogP contribution in [0.15, 0.2) is 133 Å². The van der Waals surface area contributed by atoms with Crippen molar-refractivity contribution in [2.75, 3.05) is 0 Å². The molecule has 3 aromatic heterocycles. The Bertz CT molecular complexity index is 3230. The number of hydrogen-bond acceptors (Lipinski definition) is 2. The van der Waals surface area contributed by atoms with E-state index in [9.17, 15) is 10.5 Å². The molecule has 12 rings (SSSR count). The highest BCUT2D eigenvalue weighted by Crippen LogP contribution is 2.40. The maximum absolute atomic E-state index is 9.78. The summed E-state index contributed by atoms with van der Waals surface area (Å²) in [6.45, 7) is 0.0180. The van der Waals surface area contributed by atoms with Crippen LogP contribution in [0.1, 0.15) is 11.1 Å². The Morgan fingerprint density at radius 2 is 1.00 bits per heavy atom. The molecule has 0 atom stereocenters. The third-order valence-electron chi connectivity index (χ3n) is 11.3. The number of aromatic nitrogens is 3. The number of rotatable bonds is 1. The minimum atomic E-state index is 0.0180. The summed E-state index contributed by atoms with van der Waals surface area (Å²) in [4.78, 5) is 0. The van der Waals surface area contributed by atoms with Crippen molar-refractivity contribution in [3.8, 4) is 29.2 Å². The first kappa shape index (κ1) is 26.0. The number of nitrogens with zero attached hydrogens (tertiary/aromatic N) is 5. The maximum Gasteiger partial charge on any atom is 0.252 e. The zero-order valence-corrected chi connectivity index (χ0v) is 26.5. The fourth-order valence-corrected chi connectivity index (χ4v) is 9.37. The second-order valence-corrected chi connectivity index (χ2v) is 13.5. The maximum atomic E-state index is 9.78. The SMILES string of the molecule is N#Cc1ccc2c(c1)c1cc(C#N)ccc1n2-c1ccc2c(c1)B1c3cccc4c5ccccc5n(c34)-c3ccc4c5ccccc5n-2c4c31. The van der Waals surface area contributed by atoms with Gasteiger partial charge in [0.05, 0.1) is 50.8 Å². The molecule has 0 N–H and O–H groups in total. The van der Waals surface area contributed by atoms with Crippen molar-refractivity contribution in [1.82, 2.24) is 13.7 Å². The van der Waals surface area contributed by atoms with Crippen LogP contribution >= 0.6 is 0 Å². The summed E-state index contributed by atoms with van der Waals surface area (Å²) in [7, 11) is 0. The molecule has 50 heavy (non-hydrogen) atoms. The van der Waals surface area contributed by atoms with E-state index in [1.165, 1.54) is 71.4 Å². The van der Waals surface area contributed by atoms with Crippen molar-refractivity contribution in [3.05, 3.63) is 145 Å². The fraction of sp³-hybridized carbons (Fsp3) is 0. The van der Waals surface area contributed by atoms with Gasteiger partial charge in [0.2, 0.25) is 0 Å². The Morgan fingerprint density at radius 3 is 1.68 bits per heavy atom. The molecule has 0 saturated carbocycles. The molecule has 0 bridgehead atoms. The highest BCUT2D eigenvalue weighted by molar-refractivity contribution is 7.00. The van der Waals surface area contributed by atoms with Gasteiger partial charge in [0, 0.05) is 54.9 Å². The summed E-state index contributed by atoms with van der Waals surface area (Å²) in [5.74, 6) is 0. The number of hydrogen-bond donors (Lipinski definition) is 0. The molecular weight excluding hydrogens is 609 g/mol. The average Bonchev–Trinajstić information content (AvgIpc) is 3.81. The van der Waals surface area contributed by atoms with Crippen molar-refractivity contribution < 1.29 is 0 Å².